The van der Waals surface area contributed by atoms with E-state index in [0.29, 0.717) is 16.7 Å². The number of carbonyl (C=O) groups excluding carboxylic acids is 3. The molecule has 2 amide bonds. The molecule has 138 valence electrons. The maximum atomic E-state index is 12.2. The highest BCUT2D eigenvalue weighted by Gasteiger charge is 2.30. The van der Waals surface area contributed by atoms with Crippen LogP contribution >= 0.6 is 0 Å². The lowest BCUT2D eigenvalue weighted by atomic mass is 10.1. The second-order valence-corrected chi connectivity index (χ2v) is 5.21. The van der Waals surface area contributed by atoms with Crippen molar-refractivity contribution >= 4 is 30.0 Å². The summed E-state index contributed by atoms with van der Waals surface area (Å²) in [6, 6.07) is 7.31. The van der Waals surface area contributed by atoms with Crippen molar-refractivity contribution in [3.8, 4) is 0 Å². The number of ketones is 1. The van der Waals surface area contributed by atoms with Gasteiger partial charge in [0.1, 0.15) is 13.2 Å². The van der Waals surface area contributed by atoms with Gasteiger partial charge in [0.15, 0.2) is 0 Å². The van der Waals surface area contributed by atoms with Crippen LogP contribution in [0, 0.1) is 0 Å². The van der Waals surface area contributed by atoms with Crippen LogP contribution in [0.15, 0.2) is 30.3 Å². The molecule has 0 spiro atoms. The van der Waals surface area contributed by atoms with Crippen LogP contribution in [0.3, 0.4) is 0 Å². The molecule has 0 aromatic heterocycles. The van der Waals surface area contributed by atoms with Crippen molar-refractivity contribution in [3.63, 3.8) is 0 Å². The second kappa shape index (κ2) is 10.5. The topological polar surface area (TPSA) is 163 Å². The van der Waals surface area contributed by atoms with E-state index in [9.17, 15) is 19.2 Å². The van der Waals surface area contributed by atoms with Crippen LogP contribution in [0.2, 0.25) is 0 Å². The Hall–Kier alpha value is -3.36. The van der Waals surface area contributed by atoms with Crippen LogP contribution in [0.4, 0.5) is 4.79 Å². The third kappa shape index (κ3) is 7.04. The largest absolute Gasteiger partial charge is 0.480 e. The van der Waals surface area contributed by atoms with E-state index in [0.717, 1.165) is 0 Å². The number of carbonyl (C=O) groups is 4. The quantitative estimate of drug-likeness (QED) is 0.360. The summed E-state index contributed by atoms with van der Waals surface area (Å²) in [7, 11) is 0. The summed E-state index contributed by atoms with van der Waals surface area (Å²) in [6.07, 6.45) is -0.872. The van der Waals surface area contributed by atoms with Crippen molar-refractivity contribution in [2.75, 3.05) is 6.54 Å². The van der Waals surface area contributed by atoms with Gasteiger partial charge in [-0.15, -0.1) is 0 Å². The van der Waals surface area contributed by atoms with Crippen LogP contribution in [-0.2, 0) is 25.7 Å². The lowest BCUT2D eigenvalue weighted by Gasteiger charge is -2.21. The van der Waals surface area contributed by atoms with Gasteiger partial charge >= 0.3 is 18.3 Å². The molecule has 3 N–H and O–H groups in total. The fourth-order valence-corrected chi connectivity index (χ4v) is 1.92. The number of hydrogen-bond acceptors (Lipinski definition) is 6. The van der Waals surface area contributed by atoms with Crippen LogP contribution in [0.25, 0.3) is 5.53 Å². The zero-order valence-corrected chi connectivity index (χ0v) is 13.8. The molecule has 0 aliphatic heterocycles. The van der Waals surface area contributed by atoms with Gasteiger partial charge in [-0.05, 0) is 12.0 Å². The molecule has 10 nitrogen and oxygen atoms in total. The summed E-state index contributed by atoms with van der Waals surface area (Å²) in [5.74, 6) is -2.99. The number of amides is 2. The summed E-state index contributed by atoms with van der Waals surface area (Å²) in [5, 5.41) is 8.90. The monoisotopic (exact) mass is 362 g/mol. The number of hydrogen-bond donors (Lipinski definition) is 2. The standard InChI is InChI=1S/C16H18N4O6/c17-13(7-6-12(21)8-19-18)15(24)20(9-14(22)23)16(25)26-10-11-4-2-1-3-5-11/h1-5,8,13H,6-7,9-10,17H2,(H,22,23)/t13-/m0/s1. The zero-order valence-electron chi connectivity index (χ0n) is 13.8. The molecule has 0 heterocycles. The van der Waals surface area contributed by atoms with Gasteiger partial charge in [-0.3, -0.25) is 14.4 Å². The van der Waals surface area contributed by atoms with Gasteiger partial charge in [0, 0.05) is 6.42 Å². The van der Waals surface area contributed by atoms with Gasteiger partial charge in [0.25, 0.3) is 0 Å². The van der Waals surface area contributed by atoms with E-state index in [1.165, 1.54) is 0 Å². The van der Waals surface area contributed by atoms with Crippen molar-refractivity contribution in [1.82, 2.24) is 4.90 Å². The molecule has 0 saturated heterocycles. The Morgan fingerprint density at radius 3 is 2.50 bits per heavy atom. The molecule has 10 heteroatoms. The predicted octanol–water partition coefficient (Wildman–Crippen LogP) is 0.214. The number of benzene rings is 1. The molecular weight excluding hydrogens is 344 g/mol. The van der Waals surface area contributed by atoms with E-state index in [1.807, 2.05) is 0 Å². The summed E-state index contributed by atoms with van der Waals surface area (Å²) in [6.45, 7) is -1.07. The molecule has 0 unspecified atom stereocenters. The van der Waals surface area contributed by atoms with E-state index in [2.05, 4.69) is 4.79 Å². The van der Waals surface area contributed by atoms with E-state index in [-0.39, 0.29) is 19.4 Å². The number of nitrogens with two attached hydrogens (primary N) is 1. The van der Waals surface area contributed by atoms with Gasteiger partial charge in [-0.2, -0.15) is 4.79 Å². The Labute approximate surface area is 148 Å². The first-order chi connectivity index (χ1) is 12.3. The first-order valence-electron chi connectivity index (χ1n) is 7.54. The van der Waals surface area contributed by atoms with Crippen molar-refractivity contribution in [2.24, 2.45) is 5.73 Å². The fourth-order valence-electron chi connectivity index (χ4n) is 1.92. The average Bonchev–Trinajstić information content (AvgIpc) is 2.62. The molecule has 0 aliphatic rings. The van der Waals surface area contributed by atoms with E-state index < -0.39 is 36.3 Å². The van der Waals surface area contributed by atoms with Crippen molar-refractivity contribution < 1.29 is 33.8 Å². The summed E-state index contributed by atoms with van der Waals surface area (Å²) < 4.78 is 4.95. The van der Waals surface area contributed by atoms with Crippen molar-refractivity contribution in [1.29, 1.82) is 0 Å². The minimum atomic E-state index is -1.43. The van der Waals surface area contributed by atoms with Gasteiger partial charge < -0.3 is 21.1 Å². The molecule has 0 aliphatic carbocycles. The first kappa shape index (κ1) is 20.7. The molecule has 1 aromatic carbocycles. The van der Waals surface area contributed by atoms with Crippen LogP contribution in [0.1, 0.15) is 18.4 Å². The zero-order chi connectivity index (χ0) is 19.5. The SMILES string of the molecule is [N-]=[N+]=CC(=O)CC[C@H](N)C(=O)N(CC(=O)O)C(=O)OCc1ccccc1. The molecule has 0 fully saturated rings. The van der Waals surface area contributed by atoms with E-state index in [4.69, 9.17) is 21.1 Å². The smallest absolute Gasteiger partial charge is 0.417 e. The average molecular weight is 362 g/mol. The highest BCUT2D eigenvalue weighted by Crippen LogP contribution is 2.07. The molecule has 0 bridgehead atoms. The number of rotatable bonds is 9. The Morgan fingerprint density at radius 2 is 1.92 bits per heavy atom. The third-order valence-corrected chi connectivity index (χ3v) is 3.21. The van der Waals surface area contributed by atoms with E-state index >= 15 is 0 Å². The van der Waals surface area contributed by atoms with Gasteiger partial charge in [0.05, 0.1) is 6.04 Å². The van der Waals surface area contributed by atoms with Crippen LogP contribution in [-0.4, -0.2) is 57.4 Å². The number of imide groups is 1. The maximum Gasteiger partial charge on any atom is 0.417 e. The number of carboxylic acid groups (broad SMARTS) is 1. The molecule has 0 radical (unpaired) electrons. The predicted molar refractivity (Wildman–Crippen MR) is 87.9 cm³/mol. The molecule has 0 saturated carbocycles. The molecule has 1 aromatic rings. The van der Waals surface area contributed by atoms with Gasteiger partial charge in [-0.1, -0.05) is 30.3 Å². The fraction of sp³-hybridized carbons (Fsp3) is 0.312. The lowest BCUT2D eigenvalue weighted by Crippen LogP contribution is -2.49. The number of aliphatic carboxylic acids is 1. The van der Waals surface area contributed by atoms with Crippen molar-refractivity contribution in [2.45, 2.75) is 25.5 Å². The Kier molecular flexibility index (Phi) is 8.35. The number of Topliss-reactive ketones (excluding diaryl/α,β-unsaturated/α-hetero) is 1. The minimum Gasteiger partial charge on any atom is -0.480 e. The Morgan fingerprint density at radius 1 is 1.27 bits per heavy atom. The molecule has 1 atom stereocenters. The van der Waals surface area contributed by atoms with Gasteiger partial charge in [-0.25, -0.2) is 9.69 Å². The molecular formula is C16H18N4O6. The number of carboxylic acids is 1. The second-order valence-electron chi connectivity index (χ2n) is 5.21. The van der Waals surface area contributed by atoms with E-state index in [1.54, 1.807) is 30.3 Å². The third-order valence-electron chi connectivity index (χ3n) is 3.21. The Balaban J connectivity index is 2.72. The number of nitrogens with zero attached hydrogens (tertiary/aromatic N) is 3. The highest BCUT2D eigenvalue weighted by atomic mass is 16.6. The highest BCUT2D eigenvalue weighted by molar-refractivity contribution is 6.25. The summed E-state index contributed by atoms with van der Waals surface area (Å²) >= 11 is 0. The van der Waals surface area contributed by atoms with Gasteiger partial charge in [0.2, 0.25) is 11.7 Å². The maximum absolute atomic E-state index is 12.2. The minimum absolute atomic E-state index is 0.149. The Bertz CT molecular complexity index is 715. The summed E-state index contributed by atoms with van der Waals surface area (Å²) in [4.78, 5) is 49.4. The summed E-state index contributed by atoms with van der Waals surface area (Å²) in [5.41, 5.74) is 14.5. The van der Waals surface area contributed by atoms with Crippen LogP contribution in [0.5, 0.6) is 0 Å². The number of ether oxygens (including phenoxy) is 1. The van der Waals surface area contributed by atoms with Crippen LogP contribution < -0.4 is 5.73 Å². The first-order valence-corrected chi connectivity index (χ1v) is 7.54. The lowest BCUT2D eigenvalue weighted by molar-refractivity contribution is -0.144. The van der Waals surface area contributed by atoms with Crippen molar-refractivity contribution in [3.05, 3.63) is 41.4 Å². The molecule has 1 rings (SSSR count). The normalized spacial score (nSPS) is 11.0. The molecule has 26 heavy (non-hydrogen) atoms.